The van der Waals surface area contributed by atoms with Crippen LogP contribution in [0, 0.1) is 35.1 Å². The standard InChI is InChI=1S/C55H59ClF4N8O8/c1-29-43-40(25-38(58)47(56)46(43)45-35(51(61)72)12-13-39(48(45)59)75-27-42(70)71)76-55(29,33-6-4-3-5-7-33)28-62-34-10-8-32(9-11-34)53(73)67-21-14-30(15-22-67)26-66-19-16-31(17-20-66)44-37(57)24-36-50(49(44)60)65(2)64-52(36)68-23-18-41(69)63-54(68)74/h3-7,12-13,24-25,29-32,34,62H,8-11,14-23,26-28H2,1-2H3,(H2,61,72)(H,70,71)(H,63,69,74). The van der Waals surface area contributed by atoms with Crippen LogP contribution in [0.5, 0.6) is 11.5 Å². The Labute approximate surface area is 440 Å². The fourth-order valence-corrected chi connectivity index (χ4v) is 12.6. The largest absolute Gasteiger partial charge is 0.480 e. The number of nitrogens with one attached hydrogen (secondary N) is 2. The van der Waals surface area contributed by atoms with Crippen molar-refractivity contribution in [3.63, 3.8) is 0 Å². The number of primary amides is 1. The molecule has 4 aliphatic heterocycles. The number of aromatic nitrogens is 2. The highest BCUT2D eigenvalue weighted by Crippen LogP contribution is 2.57. The molecule has 0 spiro atoms. The van der Waals surface area contributed by atoms with Gasteiger partial charge in [-0.2, -0.15) is 5.10 Å². The molecule has 5 aliphatic rings. The van der Waals surface area contributed by atoms with Gasteiger partial charge < -0.3 is 35.4 Å². The van der Waals surface area contributed by atoms with Crippen LogP contribution in [0.4, 0.5) is 28.2 Å². The number of urea groups is 1. The van der Waals surface area contributed by atoms with Gasteiger partial charge in [0.1, 0.15) is 22.9 Å². The summed E-state index contributed by atoms with van der Waals surface area (Å²) >= 11 is 6.69. The smallest absolute Gasteiger partial charge is 0.341 e. The van der Waals surface area contributed by atoms with Gasteiger partial charge in [0.25, 0.3) is 0 Å². The lowest BCUT2D eigenvalue weighted by Gasteiger charge is -2.40. The second kappa shape index (κ2) is 21.3. The summed E-state index contributed by atoms with van der Waals surface area (Å²) in [6.07, 6.45) is 5.68. The number of carboxylic acid groups (broad SMARTS) is 1. The van der Waals surface area contributed by atoms with Gasteiger partial charge in [0, 0.05) is 92.4 Å². The molecule has 402 valence electrons. The molecular weight excluding hydrogens is 1010 g/mol. The summed E-state index contributed by atoms with van der Waals surface area (Å²) in [7, 11) is 1.55. The molecule has 5 N–H and O–H groups in total. The molecule has 5 heterocycles. The minimum atomic E-state index is -1.36. The number of likely N-dealkylation sites (tertiary alicyclic amines) is 2. The number of anilines is 1. The quantitative estimate of drug-likeness (QED) is 0.0783. The van der Waals surface area contributed by atoms with E-state index in [2.05, 4.69) is 20.6 Å². The van der Waals surface area contributed by atoms with Gasteiger partial charge in [0.05, 0.1) is 16.0 Å². The predicted octanol–water partition coefficient (Wildman–Crippen LogP) is 8.12. The minimum Gasteiger partial charge on any atom is -0.480 e. The third-order valence-electron chi connectivity index (χ3n) is 16.4. The Hall–Kier alpha value is -6.77. The number of hydrogen-bond donors (Lipinski definition) is 4. The van der Waals surface area contributed by atoms with E-state index in [1.54, 1.807) is 7.05 Å². The van der Waals surface area contributed by atoms with Crippen LogP contribution >= 0.6 is 11.6 Å². The van der Waals surface area contributed by atoms with E-state index in [1.807, 2.05) is 42.2 Å². The molecule has 76 heavy (non-hydrogen) atoms. The fourth-order valence-electron chi connectivity index (χ4n) is 12.4. The van der Waals surface area contributed by atoms with Gasteiger partial charge >= 0.3 is 12.0 Å². The lowest BCUT2D eigenvalue weighted by molar-refractivity contribution is -0.139. The number of aryl methyl sites for hydroxylation is 1. The number of imide groups is 1. The average molecular weight is 1070 g/mol. The highest BCUT2D eigenvalue weighted by molar-refractivity contribution is 6.34. The molecule has 2 atom stereocenters. The van der Waals surface area contributed by atoms with Crippen LogP contribution in [0.25, 0.3) is 22.0 Å². The summed E-state index contributed by atoms with van der Waals surface area (Å²) in [6.45, 7) is 4.76. The van der Waals surface area contributed by atoms with Crippen molar-refractivity contribution in [3.05, 3.63) is 105 Å². The molecule has 4 fully saturated rings. The van der Waals surface area contributed by atoms with Crippen molar-refractivity contribution in [2.75, 3.05) is 57.3 Å². The zero-order valence-electron chi connectivity index (χ0n) is 42.1. The summed E-state index contributed by atoms with van der Waals surface area (Å²) in [6, 6.07) is 13.3. The molecule has 1 saturated carbocycles. The monoisotopic (exact) mass is 1070 g/mol. The fraction of sp³-hybridized carbons (Fsp3) is 0.455. The van der Waals surface area contributed by atoms with Gasteiger partial charge in [-0.15, -0.1) is 0 Å². The maximum absolute atomic E-state index is 16.5. The van der Waals surface area contributed by atoms with Crippen LogP contribution in [0.3, 0.4) is 0 Å². The molecule has 0 radical (unpaired) electrons. The van der Waals surface area contributed by atoms with Crippen molar-refractivity contribution in [2.24, 2.45) is 24.6 Å². The number of carbonyl (C=O) groups excluding carboxylic acids is 4. The number of nitrogens with zero attached hydrogens (tertiary/aromatic N) is 5. The molecule has 1 aliphatic carbocycles. The van der Waals surface area contributed by atoms with Gasteiger partial charge in [-0.25, -0.2) is 27.2 Å². The third-order valence-corrected chi connectivity index (χ3v) is 16.8. The first-order valence-corrected chi connectivity index (χ1v) is 26.3. The zero-order valence-corrected chi connectivity index (χ0v) is 42.9. The minimum absolute atomic E-state index is 0.00266. The van der Waals surface area contributed by atoms with E-state index in [9.17, 15) is 29.1 Å². The van der Waals surface area contributed by atoms with Crippen LogP contribution in [0.15, 0.2) is 54.6 Å². The Kier molecular flexibility index (Phi) is 14.8. The molecule has 0 bridgehead atoms. The lowest BCUT2D eigenvalue weighted by Crippen LogP contribution is -2.49. The van der Waals surface area contributed by atoms with Crippen molar-refractivity contribution >= 4 is 58.0 Å². The summed E-state index contributed by atoms with van der Waals surface area (Å²) in [5.74, 6) is -7.13. The Balaban J connectivity index is 0.742. The normalized spacial score (nSPS) is 22.6. The first kappa shape index (κ1) is 52.7. The molecule has 1 aromatic heterocycles. The first-order valence-electron chi connectivity index (χ1n) is 25.9. The number of aliphatic carboxylic acids is 1. The second-order valence-corrected chi connectivity index (χ2v) is 21.2. The highest BCUT2D eigenvalue weighted by Gasteiger charge is 2.50. The molecule has 10 rings (SSSR count). The van der Waals surface area contributed by atoms with E-state index < -0.39 is 81.5 Å². The Bertz CT molecular complexity index is 3120. The Morgan fingerprint density at radius 1 is 0.895 bits per heavy atom. The van der Waals surface area contributed by atoms with Crippen molar-refractivity contribution in [3.8, 4) is 22.6 Å². The van der Waals surface area contributed by atoms with Crippen molar-refractivity contribution in [1.82, 2.24) is 30.2 Å². The maximum Gasteiger partial charge on any atom is 0.341 e. The zero-order chi connectivity index (χ0) is 53.7. The van der Waals surface area contributed by atoms with E-state index >= 15 is 17.6 Å². The lowest BCUT2D eigenvalue weighted by atomic mass is 9.77. The highest BCUT2D eigenvalue weighted by atomic mass is 35.5. The number of piperidine rings is 2. The molecular formula is C55H59ClF4N8O8. The summed E-state index contributed by atoms with van der Waals surface area (Å²) in [5.41, 5.74) is 4.84. The van der Waals surface area contributed by atoms with Crippen molar-refractivity contribution in [1.29, 1.82) is 0 Å². The summed E-state index contributed by atoms with van der Waals surface area (Å²) in [5, 5.41) is 19.2. The average Bonchev–Trinajstić information content (AvgIpc) is 3.96. The Morgan fingerprint density at radius 2 is 1.61 bits per heavy atom. The molecule has 16 nitrogen and oxygen atoms in total. The van der Waals surface area contributed by atoms with Crippen LogP contribution in [0.2, 0.25) is 5.02 Å². The number of benzene rings is 4. The number of rotatable bonds is 14. The van der Waals surface area contributed by atoms with Gasteiger partial charge in [0.15, 0.2) is 35.4 Å². The van der Waals surface area contributed by atoms with Gasteiger partial charge in [-0.1, -0.05) is 48.9 Å². The summed E-state index contributed by atoms with van der Waals surface area (Å²) < 4.78 is 77.7. The van der Waals surface area contributed by atoms with E-state index in [1.165, 1.54) is 21.7 Å². The molecule has 4 aromatic carbocycles. The molecule has 3 saturated heterocycles. The number of fused-ring (bicyclic) bond motifs is 2. The van der Waals surface area contributed by atoms with E-state index in [0.717, 1.165) is 37.1 Å². The predicted molar refractivity (Wildman–Crippen MR) is 273 cm³/mol. The summed E-state index contributed by atoms with van der Waals surface area (Å²) in [4.78, 5) is 67.9. The van der Waals surface area contributed by atoms with Gasteiger partial charge in [-0.3, -0.25) is 29.3 Å². The number of nitrogens with two attached hydrogens (primary N) is 1. The van der Waals surface area contributed by atoms with E-state index in [4.69, 9.17) is 26.8 Å². The second-order valence-electron chi connectivity index (χ2n) is 20.8. The Morgan fingerprint density at radius 3 is 2.28 bits per heavy atom. The van der Waals surface area contributed by atoms with Crippen LogP contribution in [-0.4, -0.2) is 113 Å². The van der Waals surface area contributed by atoms with E-state index in [0.29, 0.717) is 76.2 Å². The van der Waals surface area contributed by atoms with Crippen LogP contribution in [0.1, 0.15) is 104 Å². The number of ether oxygens (including phenoxy) is 2. The molecule has 5 amide bonds. The van der Waals surface area contributed by atoms with Crippen LogP contribution < -0.4 is 30.7 Å². The van der Waals surface area contributed by atoms with Gasteiger partial charge in [-0.05, 0) is 100 Å². The number of carbonyl (C=O) groups is 5. The topological polar surface area (TPSA) is 202 Å². The van der Waals surface area contributed by atoms with Crippen molar-refractivity contribution in [2.45, 2.75) is 88.2 Å². The van der Waals surface area contributed by atoms with Gasteiger partial charge in [0.2, 0.25) is 17.7 Å². The number of amides is 5. The maximum atomic E-state index is 16.5. The molecule has 21 heteroatoms. The number of carboxylic acids is 1. The van der Waals surface area contributed by atoms with Crippen molar-refractivity contribution < 1.29 is 56.1 Å². The van der Waals surface area contributed by atoms with Crippen LogP contribution in [-0.2, 0) is 27.0 Å². The number of halogens is 5. The number of hydrogen-bond acceptors (Lipinski definition) is 10. The van der Waals surface area contributed by atoms with E-state index in [-0.39, 0.29) is 82.5 Å². The third kappa shape index (κ3) is 9.83. The first-order chi connectivity index (χ1) is 36.4. The SMILES string of the molecule is CC1c2c(cc(F)c(Cl)c2-c2c(C(N)=O)ccc(OCC(=O)O)c2F)OC1(CNC1CCC(C(=O)N2CCC(CN3CCC(c4c(F)cc5c(N6CCC(=O)NC6=O)nn(C)c5c4F)CC3)CC2)CC1)c1ccccc1. The molecule has 5 aromatic rings. The molecule has 2 unspecified atom stereocenters.